The van der Waals surface area contributed by atoms with Crippen molar-refractivity contribution >= 4 is 11.9 Å². The third-order valence-electron chi connectivity index (χ3n) is 2.65. The molecule has 5 heteroatoms. The van der Waals surface area contributed by atoms with Crippen molar-refractivity contribution in [2.75, 3.05) is 11.9 Å². The summed E-state index contributed by atoms with van der Waals surface area (Å²) in [6.07, 6.45) is 1.88. The Labute approximate surface area is 88.1 Å². The Morgan fingerprint density at radius 1 is 1.67 bits per heavy atom. The molecule has 0 atom stereocenters. The Kier molecular flexibility index (Phi) is 2.62. The van der Waals surface area contributed by atoms with Crippen LogP contribution >= 0.6 is 0 Å². The number of imidazole rings is 1. The second-order valence-electron chi connectivity index (χ2n) is 3.68. The molecule has 0 saturated carbocycles. The van der Waals surface area contributed by atoms with E-state index in [0.29, 0.717) is 0 Å². The molecule has 0 fully saturated rings. The van der Waals surface area contributed by atoms with E-state index < -0.39 is 5.97 Å². The summed E-state index contributed by atoms with van der Waals surface area (Å²) in [6, 6.07) is 0. The minimum atomic E-state index is -0.794. The first kappa shape index (κ1) is 10.0. The molecule has 2 N–H and O–H groups in total. The molecule has 0 aromatic carbocycles. The molecule has 0 amide bonds. The van der Waals surface area contributed by atoms with E-state index in [-0.39, 0.29) is 6.42 Å². The molecule has 0 saturated heterocycles. The average molecular weight is 209 g/mol. The second-order valence-corrected chi connectivity index (χ2v) is 3.68. The third-order valence-corrected chi connectivity index (χ3v) is 2.65. The molecule has 2 heterocycles. The highest BCUT2D eigenvalue weighted by Gasteiger charge is 2.19. The van der Waals surface area contributed by atoms with Crippen LogP contribution in [0.25, 0.3) is 0 Å². The van der Waals surface area contributed by atoms with Crippen LogP contribution in [0.3, 0.4) is 0 Å². The van der Waals surface area contributed by atoms with Crippen LogP contribution in [0.2, 0.25) is 0 Å². The number of fused-ring (bicyclic) bond motifs is 1. The van der Waals surface area contributed by atoms with Gasteiger partial charge in [-0.3, -0.25) is 4.79 Å². The number of aryl methyl sites for hydroxylation is 1. The van der Waals surface area contributed by atoms with Crippen molar-refractivity contribution in [3.8, 4) is 0 Å². The van der Waals surface area contributed by atoms with E-state index in [9.17, 15) is 4.79 Å². The summed E-state index contributed by atoms with van der Waals surface area (Å²) >= 11 is 0. The molecule has 0 aliphatic carbocycles. The molecule has 1 aromatic heterocycles. The minimum absolute atomic E-state index is 0.0673. The van der Waals surface area contributed by atoms with E-state index in [1.54, 1.807) is 0 Å². The van der Waals surface area contributed by atoms with E-state index in [4.69, 9.17) is 5.11 Å². The van der Waals surface area contributed by atoms with Gasteiger partial charge in [0.2, 0.25) is 5.95 Å². The maximum Gasteiger partial charge on any atom is 0.309 e. The molecular weight excluding hydrogens is 194 g/mol. The number of aromatic nitrogens is 2. The lowest BCUT2D eigenvalue weighted by atomic mass is 10.2. The zero-order valence-electron chi connectivity index (χ0n) is 8.79. The summed E-state index contributed by atoms with van der Waals surface area (Å²) in [6.45, 7) is 3.80. The number of hydrogen-bond donors (Lipinski definition) is 2. The van der Waals surface area contributed by atoms with Crippen molar-refractivity contribution in [1.29, 1.82) is 0 Å². The predicted octanol–water partition coefficient (Wildman–Crippen LogP) is 0.888. The molecule has 1 aliphatic rings. The molecule has 82 valence electrons. The molecule has 2 rings (SSSR count). The van der Waals surface area contributed by atoms with Gasteiger partial charge in [-0.2, -0.15) is 0 Å². The Morgan fingerprint density at radius 2 is 2.47 bits per heavy atom. The van der Waals surface area contributed by atoms with Crippen LogP contribution in [-0.2, 0) is 24.2 Å². The first-order valence-corrected chi connectivity index (χ1v) is 5.26. The maximum absolute atomic E-state index is 10.8. The number of aliphatic carboxylic acids is 1. The van der Waals surface area contributed by atoms with Gasteiger partial charge >= 0.3 is 5.97 Å². The Hall–Kier alpha value is -1.52. The van der Waals surface area contributed by atoms with Gasteiger partial charge < -0.3 is 15.0 Å². The number of nitrogens with zero attached hydrogens (tertiary/aromatic N) is 2. The molecule has 1 aliphatic heterocycles. The van der Waals surface area contributed by atoms with Crippen molar-refractivity contribution in [3.05, 3.63) is 11.4 Å². The minimum Gasteiger partial charge on any atom is -0.481 e. The fraction of sp³-hybridized carbons (Fsp3) is 0.600. The fourth-order valence-electron chi connectivity index (χ4n) is 1.97. The number of carboxylic acid groups (broad SMARTS) is 1. The van der Waals surface area contributed by atoms with E-state index >= 15 is 0 Å². The van der Waals surface area contributed by atoms with Gasteiger partial charge in [0.1, 0.15) is 0 Å². The third kappa shape index (κ3) is 1.82. The van der Waals surface area contributed by atoms with E-state index in [1.807, 2.05) is 11.5 Å². The lowest BCUT2D eigenvalue weighted by Crippen LogP contribution is -2.19. The number of anilines is 1. The zero-order valence-corrected chi connectivity index (χ0v) is 8.79. The van der Waals surface area contributed by atoms with Crippen LogP contribution in [0, 0.1) is 0 Å². The van der Waals surface area contributed by atoms with Crippen LogP contribution in [0.4, 0.5) is 5.95 Å². The highest BCUT2D eigenvalue weighted by atomic mass is 16.4. The fourth-order valence-corrected chi connectivity index (χ4v) is 1.97. The number of hydrogen-bond acceptors (Lipinski definition) is 3. The van der Waals surface area contributed by atoms with Crippen LogP contribution < -0.4 is 5.32 Å². The molecule has 15 heavy (non-hydrogen) atoms. The Morgan fingerprint density at radius 3 is 3.13 bits per heavy atom. The summed E-state index contributed by atoms with van der Waals surface area (Å²) < 4.78 is 2.00. The first-order valence-electron chi connectivity index (χ1n) is 5.26. The molecule has 0 bridgehead atoms. The summed E-state index contributed by atoms with van der Waals surface area (Å²) in [7, 11) is 0. The lowest BCUT2D eigenvalue weighted by Gasteiger charge is -2.17. The van der Waals surface area contributed by atoms with Crippen LogP contribution in [0.15, 0.2) is 0 Å². The van der Waals surface area contributed by atoms with Crippen LogP contribution in [-0.4, -0.2) is 27.2 Å². The van der Waals surface area contributed by atoms with Gasteiger partial charge in [-0.05, 0) is 12.8 Å². The monoisotopic (exact) mass is 209 g/mol. The number of carboxylic acids is 1. The van der Waals surface area contributed by atoms with Crippen molar-refractivity contribution in [2.45, 2.75) is 32.7 Å². The molecular formula is C10H15N3O2. The summed E-state index contributed by atoms with van der Waals surface area (Å²) in [5.41, 5.74) is 1.76. The van der Waals surface area contributed by atoms with Gasteiger partial charge in [-0.25, -0.2) is 4.98 Å². The van der Waals surface area contributed by atoms with E-state index in [1.165, 1.54) is 0 Å². The number of carbonyl (C=O) groups is 1. The highest BCUT2D eigenvalue weighted by molar-refractivity contribution is 5.70. The van der Waals surface area contributed by atoms with E-state index in [2.05, 4.69) is 10.3 Å². The second kappa shape index (κ2) is 3.92. The van der Waals surface area contributed by atoms with E-state index in [0.717, 1.165) is 43.3 Å². The Bertz CT molecular complexity index is 384. The largest absolute Gasteiger partial charge is 0.481 e. The molecule has 5 nitrogen and oxygen atoms in total. The lowest BCUT2D eigenvalue weighted by molar-refractivity contribution is -0.136. The van der Waals surface area contributed by atoms with Gasteiger partial charge in [0, 0.05) is 13.1 Å². The van der Waals surface area contributed by atoms with Crippen molar-refractivity contribution < 1.29 is 9.90 Å². The van der Waals surface area contributed by atoms with Crippen LogP contribution in [0.1, 0.15) is 24.7 Å². The highest BCUT2D eigenvalue weighted by Crippen LogP contribution is 2.21. The van der Waals surface area contributed by atoms with Crippen molar-refractivity contribution in [2.24, 2.45) is 0 Å². The molecule has 0 spiro atoms. The maximum atomic E-state index is 10.8. The predicted molar refractivity (Wildman–Crippen MR) is 56.1 cm³/mol. The van der Waals surface area contributed by atoms with Crippen molar-refractivity contribution in [3.63, 3.8) is 0 Å². The van der Waals surface area contributed by atoms with Crippen molar-refractivity contribution in [1.82, 2.24) is 9.55 Å². The molecule has 0 unspecified atom stereocenters. The van der Waals surface area contributed by atoms with Gasteiger partial charge in [0.05, 0.1) is 17.8 Å². The van der Waals surface area contributed by atoms with Gasteiger partial charge in [-0.1, -0.05) is 6.92 Å². The average Bonchev–Trinajstić information content (AvgIpc) is 2.56. The first-order chi connectivity index (χ1) is 7.22. The quantitative estimate of drug-likeness (QED) is 0.775. The SMILES string of the molecule is CCc1nc2n(c1CC(=O)O)CCCN2. The number of nitrogens with one attached hydrogen (secondary N) is 1. The van der Waals surface area contributed by atoms with Gasteiger partial charge in [-0.15, -0.1) is 0 Å². The normalized spacial score (nSPS) is 14.5. The topological polar surface area (TPSA) is 67.2 Å². The summed E-state index contributed by atoms with van der Waals surface area (Å²) in [5.74, 6) is 0.0346. The molecule has 0 radical (unpaired) electrons. The van der Waals surface area contributed by atoms with Crippen LogP contribution in [0.5, 0.6) is 0 Å². The summed E-state index contributed by atoms with van der Waals surface area (Å²) in [5, 5.41) is 12.0. The summed E-state index contributed by atoms with van der Waals surface area (Å²) in [4.78, 5) is 15.2. The zero-order chi connectivity index (χ0) is 10.8. The van der Waals surface area contributed by atoms with Gasteiger partial charge in [0.25, 0.3) is 0 Å². The molecule has 1 aromatic rings. The smallest absolute Gasteiger partial charge is 0.309 e. The standard InChI is InChI=1S/C10H15N3O2/c1-2-7-8(6-9(14)15)13-5-3-4-11-10(13)12-7/h2-6H2,1H3,(H,11,12)(H,14,15). The Balaban J connectivity index is 2.39. The van der Waals surface area contributed by atoms with Gasteiger partial charge in [0.15, 0.2) is 0 Å². The number of rotatable bonds is 3.